The first-order valence-electron chi connectivity index (χ1n) is 5.51. The summed E-state index contributed by atoms with van der Waals surface area (Å²) in [7, 11) is 0. The summed E-state index contributed by atoms with van der Waals surface area (Å²) in [4.78, 5) is 22.5. The van der Waals surface area contributed by atoms with Gasteiger partial charge < -0.3 is 16.2 Å². The van der Waals surface area contributed by atoms with Crippen molar-refractivity contribution in [1.82, 2.24) is 5.32 Å². The van der Waals surface area contributed by atoms with E-state index in [-0.39, 0.29) is 12.3 Å². The SMILES string of the molecule is CCC(CC(=O)O)NC(=O)c1ccc(Cl)c(N)c1. The van der Waals surface area contributed by atoms with E-state index >= 15 is 0 Å². The molecule has 1 rings (SSSR count). The number of nitrogen functional groups attached to an aromatic ring is 1. The Labute approximate surface area is 110 Å². The second-order valence-electron chi connectivity index (χ2n) is 3.91. The van der Waals surface area contributed by atoms with Crippen LogP contribution in [0.25, 0.3) is 0 Å². The zero-order valence-corrected chi connectivity index (χ0v) is 10.7. The number of nitrogens with one attached hydrogen (secondary N) is 1. The molecule has 4 N–H and O–H groups in total. The molecule has 1 amide bonds. The highest BCUT2D eigenvalue weighted by Crippen LogP contribution is 2.19. The molecule has 0 saturated carbocycles. The normalized spacial score (nSPS) is 11.9. The van der Waals surface area contributed by atoms with Gasteiger partial charge >= 0.3 is 5.97 Å². The Balaban J connectivity index is 2.74. The van der Waals surface area contributed by atoms with Crippen molar-refractivity contribution in [1.29, 1.82) is 0 Å². The number of carboxylic acids is 1. The summed E-state index contributed by atoms with van der Waals surface area (Å²) in [6.07, 6.45) is 0.437. The predicted octanol–water partition coefficient (Wildman–Crippen LogP) is 1.91. The molecule has 6 heteroatoms. The van der Waals surface area contributed by atoms with Crippen LogP contribution in [0.5, 0.6) is 0 Å². The number of anilines is 1. The number of nitrogens with two attached hydrogens (primary N) is 1. The summed E-state index contributed by atoms with van der Waals surface area (Å²) < 4.78 is 0. The van der Waals surface area contributed by atoms with Crippen LogP contribution in [-0.4, -0.2) is 23.0 Å². The number of rotatable bonds is 5. The van der Waals surface area contributed by atoms with E-state index < -0.39 is 12.0 Å². The van der Waals surface area contributed by atoms with Gasteiger partial charge in [0.2, 0.25) is 0 Å². The number of benzene rings is 1. The first kappa shape index (κ1) is 14.3. The number of halogens is 1. The lowest BCUT2D eigenvalue weighted by Crippen LogP contribution is -2.36. The number of carbonyl (C=O) groups excluding carboxylic acids is 1. The van der Waals surface area contributed by atoms with Gasteiger partial charge in [-0.25, -0.2) is 0 Å². The molecule has 0 heterocycles. The Hall–Kier alpha value is -1.75. The van der Waals surface area contributed by atoms with Crippen molar-refractivity contribution < 1.29 is 14.7 Å². The van der Waals surface area contributed by atoms with E-state index in [0.717, 1.165) is 0 Å². The Morgan fingerprint density at radius 3 is 2.67 bits per heavy atom. The molecule has 0 radical (unpaired) electrons. The van der Waals surface area contributed by atoms with Crippen molar-refractivity contribution in [2.45, 2.75) is 25.8 Å². The Morgan fingerprint density at radius 1 is 1.50 bits per heavy atom. The van der Waals surface area contributed by atoms with Gasteiger partial charge in [-0.1, -0.05) is 18.5 Å². The molecular formula is C12H15ClN2O3. The molecule has 1 unspecified atom stereocenters. The number of hydrogen-bond acceptors (Lipinski definition) is 3. The number of aliphatic carboxylic acids is 1. The number of amides is 1. The quantitative estimate of drug-likeness (QED) is 0.713. The van der Waals surface area contributed by atoms with E-state index in [0.29, 0.717) is 22.7 Å². The number of carbonyl (C=O) groups is 2. The molecule has 98 valence electrons. The van der Waals surface area contributed by atoms with Crippen molar-refractivity contribution in [2.75, 3.05) is 5.73 Å². The van der Waals surface area contributed by atoms with Gasteiger partial charge in [0.25, 0.3) is 5.91 Å². The van der Waals surface area contributed by atoms with Crippen LogP contribution in [0.3, 0.4) is 0 Å². The molecule has 0 spiro atoms. The van der Waals surface area contributed by atoms with Crippen molar-refractivity contribution in [2.24, 2.45) is 0 Å². The average Bonchev–Trinajstić information content (AvgIpc) is 2.31. The second-order valence-corrected chi connectivity index (χ2v) is 4.32. The summed E-state index contributed by atoms with van der Waals surface area (Å²) in [5.41, 5.74) is 6.27. The zero-order chi connectivity index (χ0) is 13.7. The summed E-state index contributed by atoms with van der Waals surface area (Å²) in [5.74, 6) is -1.30. The third-order valence-electron chi connectivity index (χ3n) is 2.51. The third kappa shape index (κ3) is 3.92. The fourth-order valence-corrected chi connectivity index (χ4v) is 1.58. The Morgan fingerprint density at radius 2 is 2.17 bits per heavy atom. The first-order valence-corrected chi connectivity index (χ1v) is 5.89. The molecule has 1 aromatic rings. The summed E-state index contributed by atoms with van der Waals surface area (Å²) in [5, 5.41) is 11.7. The van der Waals surface area contributed by atoms with Crippen LogP contribution in [0, 0.1) is 0 Å². The summed E-state index contributed by atoms with van der Waals surface area (Å²) >= 11 is 5.75. The second kappa shape index (κ2) is 6.26. The average molecular weight is 271 g/mol. The van der Waals surface area contributed by atoms with Gasteiger partial charge in [-0.3, -0.25) is 9.59 Å². The van der Waals surface area contributed by atoms with Crippen LogP contribution >= 0.6 is 11.6 Å². The van der Waals surface area contributed by atoms with E-state index in [1.807, 2.05) is 6.92 Å². The lowest BCUT2D eigenvalue weighted by atomic mass is 10.1. The fourth-order valence-electron chi connectivity index (χ4n) is 1.46. The summed E-state index contributed by atoms with van der Waals surface area (Å²) in [6.45, 7) is 1.81. The third-order valence-corrected chi connectivity index (χ3v) is 2.85. The molecule has 5 nitrogen and oxygen atoms in total. The fraction of sp³-hybridized carbons (Fsp3) is 0.333. The van der Waals surface area contributed by atoms with Gasteiger partial charge in [-0.05, 0) is 24.6 Å². The first-order chi connectivity index (χ1) is 8.43. The van der Waals surface area contributed by atoms with Gasteiger partial charge in [-0.2, -0.15) is 0 Å². The van der Waals surface area contributed by atoms with Crippen molar-refractivity contribution in [3.63, 3.8) is 0 Å². The largest absolute Gasteiger partial charge is 0.481 e. The van der Waals surface area contributed by atoms with E-state index in [1.54, 1.807) is 6.07 Å². The van der Waals surface area contributed by atoms with E-state index in [9.17, 15) is 9.59 Å². The Kier molecular flexibility index (Phi) is 4.97. The number of carboxylic acid groups (broad SMARTS) is 1. The van der Waals surface area contributed by atoms with Gasteiger partial charge in [-0.15, -0.1) is 0 Å². The van der Waals surface area contributed by atoms with Crippen LogP contribution in [-0.2, 0) is 4.79 Å². The van der Waals surface area contributed by atoms with Gasteiger partial charge in [0, 0.05) is 11.6 Å². The van der Waals surface area contributed by atoms with Crippen LogP contribution in [0.1, 0.15) is 30.1 Å². The van der Waals surface area contributed by atoms with Crippen LogP contribution in [0.15, 0.2) is 18.2 Å². The standard InChI is InChI=1S/C12H15ClN2O3/c1-2-8(6-11(16)17)15-12(18)7-3-4-9(13)10(14)5-7/h3-5,8H,2,6,14H2,1H3,(H,15,18)(H,16,17). The summed E-state index contributed by atoms with van der Waals surface area (Å²) in [6, 6.07) is 4.14. The maximum Gasteiger partial charge on any atom is 0.305 e. The molecule has 0 aromatic heterocycles. The monoisotopic (exact) mass is 270 g/mol. The van der Waals surface area contributed by atoms with Gasteiger partial charge in [0.1, 0.15) is 0 Å². The van der Waals surface area contributed by atoms with E-state index in [2.05, 4.69) is 5.32 Å². The van der Waals surface area contributed by atoms with Gasteiger partial charge in [0.05, 0.1) is 17.1 Å². The van der Waals surface area contributed by atoms with Crippen molar-refractivity contribution >= 4 is 29.2 Å². The molecule has 0 aliphatic heterocycles. The molecule has 1 aromatic carbocycles. The minimum absolute atomic E-state index is 0.106. The smallest absolute Gasteiger partial charge is 0.305 e. The van der Waals surface area contributed by atoms with Crippen LogP contribution < -0.4 is 11.1 Å². The van der Waals surface area contributed by atoms with E-state index in [1.165, 1.54) is 12.1 Å². The molecule has 18 heavy (non-hydrogen) atoms. The Bertz CT molecular complexity index is 463. The predicted molar refractivity (Wildman–Crippen MR) is 69.7 cm³/mol. The maximum atomic E-state index is 11.9. The molecule has 1 atom stereocenters. The van der Waals surface area contributed by atoms with Gasteiger partial charge in [0.15, 0.2) is 0 Å². The number of hydrogen-bond donors (Lipinski definition) is 3. The molecule has 0 saturated heterocycles. The minimum Gasteiger partial charge on any atom is -0.481 e. The zero-order valence-electron chi connectivity index (χ0n) is 9.94. The minimum atomic E-state index is -0.947. The highest BCUT2D eigenvalue weighted by Gasteiger charge is 2.15. The lowest BCUT2D eigenvalue weighted by Gasteiger charge is -2.15. The molecule has 0 bridgehead atoms. The van der Waals surface area contributed by atoms with E-state index in [4.69, 9.17) is 22.4 Å². The molecule has 0 aliphatic carbocycles. The molecular weight excluding hydrogens is 256 g/mol. The molecule has 0 aliphatic rings. The van der Waals surface area contributed by atoms with Crippen molar-refractivity contribution in [3.8, 4) is 0 Å². The highest BCUT2D eigenvalue weighted by atomic mass is 35.5. The van der Waals surface area contributed by atoms with Crippen molar-refractivity contribution in [3.05, 3.63) is 28.8 Å². The topological polar surface area (TPSA) is 92.4 Å². The highest BCUT2D eigenvalue weighted by molar-refractivity contribution is 6.33. The van der Waals surface area contributed by atoms with Crippen LogP contribution in [0.2, 0.25) is 5.02 Å². The maximum absolute atomic E-state index is 11.9. The lowest BCUT2D eigenvalue weighted by molar-refractivity contribution is -0.137. The van der Waals surface area contributed by atoms with Crippen LogP contribution in [0.4, 0.5) is 5.69 Å². The molecule has 0 fully saturated rings.